The molecule has 0 spiro atoms. The first kappa shape index (κ1) is 17.0. The Labute approximate surface area is 144 Å². The second-order valence-electron chi connectivity index (χ2n) is 6.26. The first-order valence-electron chi connectivity index (χ1n) is 7.82. The number of nitrogen functional groups attached to an aromatic ring is 1. The normalized spacial score (nSPS) is 11.4. The van der Waals surface area contributed by atoms with Crippen molar-refractivity contribution in [3.8, 4) is 5.75 Å². The minimum absolute atomic E-state index is 0.0149. The molecule has 0 aliphatic heterocycles. The molecule has 2 aromatic carbocycles. The van der Waals surface area contributed by atoms with Crippen LogP contribution in [-0.4, -0.2) is 24.1 Å². The van der Waals surface area contributed by atoms with Gasteiger partial charge < -0.3 is 20.2 Å². The summed E-state index contributed by atoms with van der Waals surface area (Å²) in [6.45, 7) is 0.478. The Hall–Kier alpha value is -2.86. The van der Waals surface area contributed by atoms with E-state index in [2.05, 4.69) is 0 Å². The van der Waals surface area contributed by atoms with Crippen LogP contribution in [0.4, 0.5) is 10.1 Å². The summed E-state index contributed by atoms with van der Waals surface area (Å²) in [6.07, 6.45) is 0.0825. The van der Waals surface area contributed by atoms with Crippen LogP contribution in [0.1, 0.15) is 16.7 Å². The highest BCUT2D eigenvalue weighted by Gasteiger charge is 2.18. The van der Waals surface area contributed by atoms with Gasteiger partial charge in [0.05, 0.1) is 5.69 Å². The number of nitrogens with two attached hydrogens (primary N) is 1. The zero-order valence-corrected chi connectivity index (χ0v) is 14.0. The van der Waals surface area contributed by atoms with Crippen LogP contribution in [0.15, 0.2) is 45.6 Å². The monoisotopic (exact) mass is 342 g/mol. The third-order valence-corrected chi connectivity index (χ3v) is 4.05. The number of halogens is 1. The summed E-state index contributed by atoms with van der Waals surface area (Å²) >= 11 is 0. The van der Waals surface area contributed by atoms with Gasteiger partial charge in [0, 0.05) is 30.0 Å². The number of hydrogen-bond acceptors (Lipinski definition) is 5. The van der Waals surface area contributed by atoms with E-state index in [0.29, 0.717) is 28.6 Å². The number of hydrogen-bond donors (Lipinski definition) is 2. The average molecular weight is 342 g/mol. The number of nitrogens with zero attached hydrogens (tertiary/aromatic N) is 1. The number of phenolic OH excluding ortho intramolecular Hbond substituents is 1. The van der Waals surface area contributed by atoms with Crippen LogP contribution in [0, 0.1) is 5.82 Å². The van der Waals surface area contributed by atoms with Gasteiger partial charge in [-0.25, -0.2) is 9.18 Å². The maximum atomic E-state index is 14.3. The van der Waals surface area contributed by atoms with Crippen molar-refractivity contribution in [2.45, 2.75) is 13.0 Å². The first-order valence-corrected chi connectivity index (χ1v) is 7.82. The van der Waals surface area contributed by atoms with Crippen LogP contribution in [-0.2, 0) is 13.0 Å². The van der Waals surface area contributed by atoms with Crippen molar-refractivity contribution in [2.24, 2.45) is 0 Å². The molecule has 25 heavy (non-hydrogen) atoms. The number of phenols is 1. The Morgan fingerprint density at radius 2 is 1.96 bits per heavy atom. The molecule has 0 atom stereocenters. The molecule has 0 aliphatic rings. The van der Waals surface area contributed by atoms with Gasteiger partial charge in [-0.3, -0.25) is 0 Å². The summed E-state index contributed by atoms with van der Waals surface area (Å²) in [5.41, 5.74) is 6.90. The Bertz CT molecular complexity index is 996. The molecule has 6 heteroatoms. The molecule has 0 fully saturated rings. The van der Waals surface area contributed by atoms with E-state index in [1.807, 2.05) is 19.0 Å². The minimum Gasteiger partial charge on any atom is -0.508 e. The van der Waals surface area contributed by atoms with Crippen LogP contribution in [0.25, 0.3) is 11.0 Å². The summed E-state index contributed by atoms with van der Waals surface area (Å²) in [7, 11) is 3.76. The highest BCUT2D eigenvalue weighted by atomic mass is 19.1. The van der Waals surface area contributed by atoms with E-state index < -0.39 is 11.4 Å². The van der Waals surface area contributed by atoms with Crippen molar-refractivity contribution in [3.05, 3.63) is 69.3 Å². The summed E-state index contributed by atoms with van der Waals surface area (Å²) in [4.78, 5) is 14.4. The van der Waals surface area contributed by atoms with Gasteiger partial charge in [-0.2, -0.15) is 0 Å². The van der Waals surface area contributed by atoms with Gasteiger partial charge in [0.2, 0.25) is 0 Å². The van der Waals surface area contributed by atoms with E-state index in [9.17, 15) is 14.3 Å². The van der Waals surface area contributed by atoms with E-state index in [0.717, 1.165) is 5.56 Å². The van der Waals surface area contributed by atoms with Crippen LogP contribution in [0.3, 0.4) is 0 Å². The average Bonchev–Trinajstić information content (AvgIpc) is 2.54. The van der Waals surface area contributed by atoms with E-state index in [-0.39, 0.29) is 17.9 Å². The molecule has 0 amide bonds. The predicted molar refractivity (Wildman–Crippen MR) is 95.2 cm³/mol. The van der Waals surface area contributed by atoms with Gasteiger partial charge in [-0.05, 0) is 43.4 Å². The summed E-state index contributed by atoms with van der Waals surface area (Å²) < 4.78 is 19.6. The SMILES string of the molecule is CN(C)Cc1c(Cc2cccc(N)c2F)c(=O)oc2cc(O)ccc12. The van der Waals surface area contributed by atoms with Gasteiger partial charge in [-0.1, -0.05) is 12.1 Å². The molecule has 0 saturated carbocycles. The van der Waals surface area contributed by atoms with Crippen molar-refractivity contribution >= 4 is 16.7 Å². The Morgan fingerprint density at radius 1 is 1.20 bits per heavy atom. The largest absolute Gasteiger partial charge is 0.508 e. The molecule has 0 radical (unpaired) electrons. The van der Waals surface area contributed by atoms with Crippen LogP contribution in [0.5, 0.6) is 5.75 Å². The lowest BCUT2D eigenvalue weighted by Crippen LogP contribution is -2.19. The lowest BCUT2D eigenvalue weighted by Gasteiger charge is -2.16. The number of benzene rings is 2. The molecular weight excluding hydrogens is 323 g/mol. The van der Waals surface area contributed by atoms with Crippen molar-refractivity contribution in [1.82, 2.24) is 4.90 Å². The first-order chi connectivity index (χ1) is 11.9. The van der Waals surface area contributed by atoms with Crippen LogP contribution in [0.2, 0.25) is 0 Å². The van der Waals surface area contributed by atoms with Crippen molar-refractivity contribution in [3.63, 3.8) is 0 Å². The zero-order valence-electron chi connectivity index (χ0n) is 14.0. The molecule has 0 aliphatic carbocycles. The molecule has 0 unspecified atom stereocenters. The van der Waals surface area contributed by atoms with E-state index >= 15 is 0 Å². The molecule has 1 heterocycles. The van der Waals surface area contributed by atoms with Crippen molar-refractivity contribution in [2.75, 3.05) is 19.8 Å². The lowest BCUT2D eigenvalue weighted by atomic mass is 9.97. The van der Waals surface area contributed by atoms with E-state index in [4.69, 9.17) is 10.2 Å². The molecule has 0 bridgehead atoms. The Morgan fingerprint density at radius 3 is 2.68 bits per heavy atom. The molecule has 5 nitrogen and oxygen atoms in total. The highest BCUT2D eigenvalue weighted by Crippen LogP contribution is 2.27. The maximum absolute atomic E-state index is 14.3. The number of anilines is 1. The third kappa shape index (κ3) is 3.34. The van der Waals surface area contributed by atoms with Gasteiger partial charge in [0.1, 0.15) is 17.1 Å². The molecule has 0 saturated heterocycles. The summed E-state index contributed by atoms with van der Waals surface area (Å²) in [6, 6.07) is 9.37. The molecule has 1 aromatic heterocycles. The van der Waals surface area contributed by atoms with Gasteiger partial charge >= 0.3 is 5.63 Å². The molecular formula is C19H19FN2O3. The van der Waals surface area contributed by atoms with E-state index in [1.165, 1.54) is 18.2 Å². The maximum Gasteiger partial charge on any atom is 0.340 e. The number of fused-ring (bicyclic) bond motifs is 1. The fourth-order valence-electron chi connectivity index (χ4n) is 2.89. The van der Waals surface area contributed by atoms with Crippen LogP contribution < -0.4 is 11.4 Å². The van der Waals surface area contributed by atoms with Gasteiger partial charge in [0.15, 0.2) is 0 Å². The Balaban J connectivity index is 2.22. The second-order valence-corrected chi connectivity index (χ2v) is 6.26. The number of rotatable bonds is 4. The van der Waals surface area contributed by atoms with Crippen molar-refractivity contribution < 1.29 is 13.9 Å². The number of aromatic hydroxyl groups is 1. The molecule has 3 rings (SSSR count). The van der Waals surface area contributed by atoms with Gasteiger partial charge in [0.25, 0.3) is 0 Å². The second kappa shape index (κ2) is 6.57. The molecule has 3 aromatic rings. The minimum atomic E-state index is -0.545. The van der Waals surface area contributed by atoms with Crippen LogP contribution >= 0.6 is 0 Å². The topological polar surface area (TPSA) is 79.7 Å². The quantitative estimate of drug-likeness (QED) is 0.563. The smallest absolute Gasteiger partial charge is 0.340 e. The zero-order chi connectivity index (χ0) is 18.1. The van der Waals surface area contributed by atoms with E-state index in [1.54, 1.807) is 18.2 Å². The van der Waals surface area contributed by atoms with Gasteiger partial charge in [-0.15, -0.1) is 0 Å². The molecule has 3 N–H and O–H groups in total. The highest BCUT2D eigenvalue weighted by molar-refractivity contribution is 5.82. The fraction of sp³-hybridized carbons (Fsp3) is 0.211. The third-order valence-electron chi connectivity index (χ3n) is 4.05. The van der Waals surface area contributed by atoms with Crippen molar-refractivity contribution in [1.29, 1.82) is 0 Å². The molecule has 130 valence electrons. The summed E-state index contributed by atoms with van der Waals surface area (Å²) in [5, 5.41) is 10.3. The lowest BCUT2D eigenvalue weighted by molar-refractivity contribution is 0.400. The fourth-order valence-corrected chi connectivity index (χ4v) is 2.89. The summed E-state index contributed by atoms with van der Waals surface area (Å²) in [5.74, 6) is -0.510. The Kier molecular flexibility index (Phi) is 4.46. The standard InChI is InChI=1S/C19H19FN2O3/c1-22(2)10-15-13-7-6-12(23)9-17(13)25-19(24)14(15)8-11-4-3-5-16(21)18(11)20/h3-7,9,23H,8,10,21H2,1-2H3. The predicted octanol–water partition coefficient (Wildman–Crippen LogP) is 2.87.